The van der Waals surface area contributed by atoms with Crippen LogP contribution in [0.5, 0.6) is 0 Å². The van der Waals surface area contributed by atoms with Gasteiger partial charge in [-0.25, -0.2) is 4.39 Å². The van der Waals surface area contributed by atoms with E-state index < -0.39 is 0 Å². The summed E-state index contributed by atoms with van der Waals surface area (Å²) in [6, 6.07) is 6.69. The molecule has 0 aliphatic carbocycles. The predicted octanol–water partition coefficient (Wildman–Crippen LogP) is 2.75. The molecule has 0 spiro atoms. The monoisotopic (exact) mass is 377 g/mol. The van der Waals surface area contributed by atoms with E-state index in [1.54, 1.807) is 11.0 Å². The Bertz CT molecular complexity index is 642. The van der Waals surface area contributed by atoms with E-state index in [2.05, 4.69) is 0 Å². The Morgan fingerprint density at radius 3 is 2.48 bits per heavy atom. The highest BCUT2D eigenvalue weighted by Crippen LogP contribution is 2.20. The molecule has 0 N–H and O–H groups in total. The molecule has 1 saturated heterocycles. The first kappa shape index (κ1) is 21.4. The maximum atomic E-state index is 13.4. The zero-order valence-electron chi connectivity index (χ0n) is 16.9. The standard InChI is InChI=1S/C21H32FN3O2/c1-5-24(14-17-7-6-8-19(22)13-17)15-20(26)25-11-9-18(10-12-25)21(27)23(4)16(2)3/h6-8,13,16,18H,5,9-12,14-15H2,1-4H3. The van der Waals surface area contributed by atoms with Gasteiger partial charge in [-0.1, -0.05) is 19.1 Å². The van der Waals surface area contributed by atoms with Crippen molar-refractivity contribution in [2.75, 3.05) is 33.2 Å². The lowest BCUT2D eigenvalue weighted by Crippen LogP contribution is -2.47. The van der Waals surface area contributed by atoms with Crippen molar-refractivity contribution in [2.45, 2.75) is 46.2 Å². The van der Waals surface area contributed by atoms with Crippen LogP contribution in [-0.4, -0.2) is 65.8 Å². The lowest BCUT2D eigenvalue weighted by Gasteiger charge is -2.35. The Labute approximate surface area is 162 Å². The lowest BCUT2D eigenvalue weighted by molar-refractivity contribution is -0.141. The van der Waals surface area contributed by atoms with Gasteiger partial charge in [0.25, 0.3) is 0 Å². The molecular formula is C21H32FN3O2. The molecule has 1 aliphatic heterocycles. The SMILES string of the molecule is CCN(CC(=O)N1CCC(C(=O)N(C)C(C)C)CC1)Cc1cccc(F)c1. The summed E-state index contributed by atoms with van der Waals surface area (Å²) in [6.07, 6.45) is 1.44. The van der Waals surface area contributed by atoms with E-state index in [9.17, 15) is 14.0 Å². The second-order valence-corrected chi connectivity index (χ2v) is 7.63. The minimum absolute atomic E-state index is 0.0102. The number of carbonyl (C=O) groups excluding carboxylic acids is 2. The number of amides is 2. The number of carbonyl (C=O) groups is 2. The van der Waals surface area contributed by atoms with Gasteiger partial charge < -0.3 is 9.80 Å². The average molecular weight is 378 g/mol. The van der Waals surface area contributed by atoms with Gasteiger partial charge in [0.15, 0.2) is 0 Å². The molecule has 1 heterocycles. The molecule has 0 radical (unpaired) electrons. The first-order chi connectivity index (χ1) is 12.8. The van der Waals surface area contributed by atoms with Crippen LogP contribution in [0.2, 0.25) is 0 Å². The van der Waals surface area contributed by atoms with Crippen LogP contribution in [0.1, 0.15) is 39.2 Å². The van der Waals surface area contributed by atoms with Crippen LogP contribution < -0.4 is 0 Å². The number of benzene rings is 1. The van der Waals surface area contributed by atoms with Crippen molar-refractivity contribution in [1.82, 2.24) is 14.7 Å². The fourth-order valence-electron chi connectivity index (χ4n) is 3.38. The van der Waals surface area contributed by atoms with Crippen molar-refractivity contribution < 1.29 is 14.0 Å². The molecule has 0 saturated carbocycles. The predicted molar refractivity (Wildman–Crippen MR) is 105 cm³/mol. The molecule has 0 unspecified atom stereocenters. The van der Waals surface area contributed by atoms with E-state index >= 15 is 0 Å². The van der Waals surface area contributed by atoms with Crippen molar-refractivity contribution in [3.8, 4) is 0 Å². The largest absolute Gasteiger partial charge is 0.343 e. The molecule has 1 fully saturated rings. The van der Waals surface area contributed by atoms with Crippen molar-refractivity contribution in [3.05, 3.63) is 35.6 Å². The highest BCUT2D eigenvalue weighted by molar-refractivity contribution is 5.81. The first-order valence-corrected chi connectivity index (χ1v) is 9.83. The van der Waals surface area contributed by atoms with Crippen LogP contribution >= 0.6 is 0 Å². The van der Waals surface area contributed by atoms with E-state index in [-0.39, 0.29) is 29.6 Å². The van der Waals surface area contributed by atoms with Gasteiger partial charge >= 0.3 is 0 Å². The number of likely N-dealkylation sites (N-methyl/N-ethyl adjacent to an activating group) is 1. The van der Waals surface area contributed by atoms with Gasteiger partial charge in [-0.15, -0.1) is 0 Å². The van der Waals surface area contributed by atoms with Crippen molar-refractivity contribution in [2.24, 2.45) is 5.92 Å². The summed E-state index contributed by atoms with van der Waals surface area (Å²) in [6.45, 7) is 8.85. The summed E-state index contributed by atoms with van der Waals surface area (Å²) in [7, 11) is 1.84. The van der Waals surface area contributed by atoms with Gasteiger partial charge in [-0.3, -0.25) is 14.5 Å². The van der Waals surface area contributed by atoms with Crippen molar-refractivity contribution in [3.63, 3.8) is 0 Å². The molecule has 27 heavy (non-hydrogen) atoms. The minimum Gasteiger partial charge on any atom is -0.343 e. The van der Waals surface area contributed by atoms with E-state index in [1.165, 1.54) is 12.1 Å². The third kappa shape index (κ3) is 6.03. The number of likely N-dealkylation sites (tertiary alicyclic amines) is 1. The summed E-state index contributed by atoms with van der Waals surface area (Å²) in [4.78, 5) is 30.8. The van der Waals surface area contributed by atoms with Gasteiger partial charge in [-0.2, -0.15) is 0 Å². The Balaban J connectivity index is 1.85. The minimum atomic E-state index is -0.256. The highest BCUT2D eigenvalue weighted by atomic mass is 19.1. The van der Waals surface area contributed by atoms with Crippen LogP contribution in [0.15, 0.2) is 24.3 Å². The molecule has 2 rings (SSSR count). The zero-order chi connectivity index (χ0) is 20.0. The molecule has 5 nitrogen and oxygen atoms in total. The summed E-state index contributed by atoms with van der Waals surface area (Å²) in [5.41, 5.74) is 0.866. The number of hydrogen-bond acceptors (Lipinski definition) is 3. The van der Waals surface area contributed by atoms with E-state index in [1.807, 2.05) is 43.7 Å². The molecule has 6 heteroatoms. The van der Waals surface area contributed by atoms with Gasteiger partial charge in [0.2, 0.25) is 11.8 Å². The summed E-state index contributed by atoms with van der Waals surface area (Å²) < 4.78 is 13.4. The molecule has 0 atom stereocenters. The molecule has 2 amide bonds. The lowest BCUT2D eigenvalue weighted by atomic mass is 9.95. The number of halogens is 1. The maximum Gasteiger partial charge on any atom is 0.236 e. The van der Waals surface area contributed by atoms with E-state index in [0.29, 0.717) is 26.2 Å². The van der Waals surface area contributed by atoms with Gasteiger partial charge in [0.1, 0.15) is 5.82 Å². The quantitative estimate of drug-likeness (QED) is 0.734. The van der Waals surface area contributed by atoms with Crippen LogP contribution in [0.25, 0.3) is 0 Å². The first-order valence-electron chi connectivity index (χ1n) is 9.83. The average Bonchev–Trinajstić information content (AvgIpc) is 2.66. The Kier molecular flexibility index (Phi) is 7.78. The third-order valence-electron chi connectivity index (χ3n) is 5.42. The van der Waals surface area contributed by atoms with Crippen LogP contribution in [0.3, 0.4) is 0 Å². The van der Waals surface area contributed by atoms with Crippen LogP contribution in [-0.2, 0) is 16.1 Å². The smallest absolute Gasteiger partial charge is 0.236 e. The second-order valence-electron chi connectivity index (χ2n) is 7.63. The fraction of sp³-hybridized carbons (Fsp3) is 0.619. The Morgan fingerprint density at radius 1 is 1.26 bits per heavy atom. The number of rotatable bonds is 7. The molecule has 1 aromatic rings. The van der Waals surface area contributed by atoms with Crippen molar-refractivity contribution >= 4 is 11.8 Å². The molecule has 1 aromatic carbocycles. The molecule has 1 aliphatic rings. The fourth-order valence-corrected chi connectivity index (χ4v) is 3.38. The third-order valence-corrected chi connectivity index (χ3v) is 5.42. The summed E-state index contributed by atoms with van der Waals surface area (Å²) >= 11 is 0. The molecule has 0 bridgehead atoms. The number of hydrogen-bond donors (Lipinski definition) is 0. The molecular weight excluding hydrogens is 345 g/mol. The van der Waals surface area contributed by atoms with Crippen LogP contribution in [0, 0.1) is 11.7 Å². The number of nitrogens with zero attached hydrogens (tertiary/aromatic N) is 3. The second kappa shape index (κ2) is 9.83. The highest BCUT2D eigenvalue weighted by Gasteiger charge is 2.30. The van der Waals surface area contributed by atoms with E-state index in [0.717, 1.165) is 24.9 Å². The Hall–Kier alpha value is -1.95. The van der Waals surface area contributed by atoms with Gasteiger partial charge in [-0.05, 0) is 50.9 Å². The summed E-state index contributed by atoms with van der Waals surface area (Å²) in [5.74, 6) is 0.0127. The normalized spacial score (nSPS) is 15.4. The molecule has 150 valence electrons. The van der Waals surface area contributed by atoms with Gasteiger partial charge in [0.05, 0.1) is 6.54 Å². The Morgan fingerprint density at radius 2 is 1.93 bits per heavy atom. The summed E-state index contributed by atoms with van der Waals surface area (Å²) in [5, 5.41) is 0. The van der Waals surface area contributed by atoms with Crippen molar-refractivity contribution in [1.29, 1.82) is 0 Å². The topological polar surface area (TPSA) is 43.9 Å². The van der Waals surface area contributed by atoms with E-state index in [4.69, 9.17) is 0 Å². The molecule has 0 aromatic heterocycles. The van der Waals surface area contributed by atoms with Gasteiger partial charge in [0, 0.05) is 38.6 Å². The van der Waals surface area contributed by atoms with Crippen LogP contribution in [0.4, 0.5) is 4.39 Å². The zero-order valence-corrected chi connectivity index (χ0v) is 16.9. The number of piperidine rings is 1. The maximum absolute atomic E-state index is 13.4.